The number of amides is 1. The maximum Gasteiger partial charge on any atom is 0.407 e. The minimum absolute atomic E-state index is 0.0280. The fourth-order valence-electron chi connectivity index (χ4n) is 12.3. The van der Waals surface area contributed by atoms with Gasteiger partial charge in [-0.3, -0.25) is 4.79 Å². The summed E-state index contributed by atoms with van der Waals surface area (Å²) >= 11 is 0. The van der Waals surface area contributed by atoms with Gasteiger partial charge in [-0.05, 0) is 124 Å². The van der Waals surface area contributed by atoms with Gasteiger partial charge in [0.25, 0.3) is 0 Å². The zero-order valence-electron chi connectivity index (χ0n) is 26.8. The van der Waals surface area contributed by atoms with Gasteiger partial charge in [0.2, 0.25) is 0 Å². The Hall–Kier alpha value is -1.52. The zero-order valence-corrected chi connectivity index (χ0v) is 26.8. The fourth-order valence-corrected chi connectivity index (χ4v) is 12.3. The van der Waals surface area contributed by atoms with Gasteiger partial charge in [0, 0.05) is 24.3 Å². The van der Waals surface area contributed by atoms with E-state index in [1.54, 1.807) is 6.92 Å². The number of fused-ring (bicyclic) bond motifs is 7. The van der Waals surface area contributed by atoms with E-state index < -0.39 is 0 Å². The van der Waals surface area contributed by atoms with Crippen molar-refractivity contribution in [2.75, 3.05) is 13.2 Å². The van der Waals surface area contributed by atoms with Crippen LogP contribution in [0.1, 0.15) is 120 Å². The first-order valence-electron chi connectivity index (χ1n) is 16.4. The van der Waals surface area contributed by atoms with Crippen LogP contribution in [-0.4, -0.2) is 31.3 Å². The van der Waals surface area contributed by atoms with E-state index in [0.29, 0.717) is 42.7 Å². The third kappa shape index (κ3) is 4.21. The van der Waals surface area contributed by atoms with Crippen molar-refractivity contribution in [1.82, 2.24) is 5.32 Å². The molecule has 40 heavy (non-hydrogen) atoms. The van der Waals surface area contributed by atoms with Crippen LogP contribution in [0.5, 0.6) is 0 Å². The summed E-state index contributed by atoms with van der Waals surface area (Å²) in [5, 5.41) is 2.85. The highest BCUT2D eigenvalue weighted by molar-refractivity contribution is 5.67. The van der Waals surface area contributed by atoms with E-state index in [1.807, 2.05) is 6.92 Å². The van der Waals surface area contributed by atoms with Crippen LogP contribution in [0.3, 0.4) is 0 Å². The van der Waals surface area contributed by atoms with E-state index >= 15 is 0 Å². The molecule has 0 heterocycles. The number of carbonyl (C=O) groups excluding carboxylic acids is 2. The largest absolute Gasteiger partial charge is 0.465 e. The second-order valence-corrected chi connectivity index (χ2v) is 16.1. The van der Waals surface area contributed by atoms with Crippen LogP contribution in [-0.2, 0) is 14.3 Å². The first kappa shape index (κ1) is 30.0. The lowest BCUT2D eigenvalue weighted by Gasteiger charge is -2.73. The van der Waals surface area contributed by atoms with Crippen molar-refractivity contribution in [2.45, 2.75) is 126 Å². The van der Waals surface area contributed by atoms with Crippen molar-refractivity contribution in [3.05, 3.63) is 12.2 Å². The minimum atomic E-state index is -0.263. The predicted molar refractivity (Wildman–Crippen MR) is 160 cm³/mol. The lowest BCUT2D eigenvalue weighted by Crippen LogP contribution is -2.67. The van der Waals surface area contributed by atoms with Gasteiger partial charge in [0.05, 0.1) is 6.61 Å². The summed E-state index contributed by atoms with van der Waals surface area (Å²) in [4.78, 5) is 24.4. The van der Waals surface area contributed by atoms with E-state index in [9.17, 15) is 9.59 Å². The summed E-state index contributed by atoms with van der Waals surface area (Å²) in [6, 6.07) is 0. The molecule has 0 aromatic heterocycles. The van der Waals surface area contributed by atoms with Crippen molar-refractivity contribution in [2.24, 2.45) is 56.7 Å². The molecule has 0 unspecified atom stereocenters. The Kier molecular flexibility index (Phi) is 7.52. The Bertz CT molecular complexity index is 1040. The average molecular weight is 556 g/mol. The zero-order chi connectivity index (χ0) is 29.3. The summed E-state index contributed by atoms with van der Waals surface area (Å²) in [6.07, 6.45) is 11.6. The molecule has 1 amide bonds. The van der Waals surface area contributed by atoms with Crippen LogP contribution in [0.4, 0.5) is 4.79 Å². The fraction of sp³-hybridized carbons (Fsp3) is 0.886. The maximum absolute atomic E-state index is 12.4. The predicted octanol–water partition coefficient (Wildman–Crippen LogP) is 8.32. The highest BCUT2D eigenvalue weighted by Gasteiger charge is 2.71. The molecule has 1 N–H and O–H groups in total. The molecule has 0 spiro atoms. The van der Waals surface area contributed by atoms with E-state index in [1.165, 1.54) is 44.1 Å². The topological polar surface area (TPSA) is 64.6 Å². The third-order valence-corrected chi connectivity index (χ3v) is 14.3. The second-order valence-electron chi connectivity index (χ2n) is 16.1. The van der Waals surface area contributed by atoms with E-state index in [0.717, 1.165) is 25.7 Å². The highest BCUT2D eigenvalue weighted by Crippen LogP contribution is 2.77. The quantitative estimate of drug-likeness (QED) is 0.274. The molecule has 5 aliphatic rings. The van der Waals surface area contributed by atoms with Gasteiger partial charge in [-0.15, -0.1) is 0 Å². The molecular weight excluding hydrogens is 498 g/mol. The Morgan fingerprint density at radius 1 is 0.850 bits per heavy atom. The molecule has 5 saturated carbocycles. The lowest BCUT2D eigenvalue weighted by atomic mass is 9.32. The van der Waals surface area contributed by atoms with Crippen LogP contribution in [0.25, 0.3) is 0 Å². The van der Waals surface area contributed by atoms with Gasteiger partial charge in [-0.25, -0.2) is 4.79 Å². The van der Waals surface area contributed by atoms with Crippen molar-refractivity contribution < 1.29 is 19.1 Å². The number of rotatable bonds is 5. The number of carbonyl (C=O) groups is 2. The van der Waals surface area contributed by atoms with E-state index in [-0.39, 0.29) is 45.2 Å². The van der Waals surface area contributed by atoms with Gasteiger partial charge in [0.1, 0.15) is 6.10 Å². The molecule has 10 atom stereocenters. The summed E-state index contributed by atoms with van der Waals surface area (Å²) in [5.74, 6) is 2.82. The molecule has 5 aliphatic carbocycles. The first-order valence-corrected chi connectivity index (χ1v) is 16.4. The molecule has 226 valence electrons. The molecule has 0 radical (unpaired) electrons. The Morgan fingerprint density at radius 2 is 1.57 bits per heavy atom. The molecule has 0 aliphatic heterocycles. The molecule has 0 aromatic rings. The SMILES string of the molecule is C=C(C)[C@@H]1CC[C@]2(COC(C)=O)CC[C@]3(C)[C@H](CC[C@@H]4[C@@]5(C)CC[C@H](OC(=O)NCC)C(C)(C)[C@@H]5CC[C@]43C)[C@@H]12. The molecule has 5 rings (SSSR count). The molecule has 0 bridgehead atoms. The van der Waals surface area contributed by atoms with Gasteiger partial charge >= 0.3 is 12.1 Å². The smallest absolute Gasteiger partial charge is 0.407 e. The van der Waals surface area contributed by atoms with E-state index in [2.05, 4.69) is 53.4 Å². The van der Waals surface area contributed by atoms with Crippen molar-refractivity contribution >= 4 is 12.1 Å². The van der Waals surface area contributed by atoms with Crippen LogP contribution >= 0.6 is 0 Å². The van der Waals surface area contributed by atoms with Crippen LogP contribution in [0, 0.1) is 56.7 Å². The van der Waals surface area contributed by atoms with Gasteiger partial charge in [0.15, 0.2) is 0 Å². The number of alkyl carbamates (subject to hydrolysis) is 1. The molecule has 5 fully saturated rings. The lowest BCUT2D eigenvalue weighted by molar-refractivity contribution is -0.249. The van der Waals surface area contributed by atoms with Gasteiger partial charge in [-0.1, -0.05) is 46.8 Å². The number of hydrogen-bond acceptors (Lipinski definition) is 4. The van der Waals surface area contributed by atoms with Crippen molar-refractivity contribution in [3.63, 3.8) is 0 Å². The summed E-state index contributed by atoms with van der Waals surface area (Å²) in [6.45, 7) is 24.1. The third-order valence-electron chi connectivity index (χ3n) is 14.3. The maximum atomic E-state index is 12.4. The Balaban J connectivity index is 1.46. The summed E-state index contributed by atoms with van der Waals surface area (Å²) in [7, 11) is 0. The number of allylic oxidation sites excluding steroid dienone is 1. The van der Waals surface area contributed by atoms with Gasteiger partial charge < -0.3 is 14.8 Å². The van der Waals surface area contributed by atoms with Crippen LogP contribution < -0.4 is 5.32 Å². The van der Waals surface area contributed by atoms with Crippen molar-refractivity contribution in [3.8, 4) is 0 Å². The number of nitrogens with one attached hydrogen (secondary N) is 1. The molecule has 5 nitrogen and oxygen atoms in total. The van der Waals surface area contributed by atoms with Crippen LogP contribution in [0.15, 0.2) is 12.2 Å². The normalized spacial score (nSPS) is 47.1. The summed E-state index contributed by atoms with van der Waals surface area (Å²) < 4.78 is 11.9. The molecular formula is C35H57NO4. The molecule has 5 heteroatoms. The van der Waals surface area contributed by atoms with Gasteiger partial charge in [-0.2, -0.15) is 0 Å². The number of esters is 1. The Labute approximate surface area is 244 Å². The first-order chi connectivity index (χ1) is 18.7. The monoisotopic (exact) mass is 555 g/mol. The number of ether oxygens (including phenoxy) is 2. The second kappa shape index (κ2) is 10.0. The number of hydrogen-bond donors (Lipinski definition) is 1. The molecule has 0 aromatic carbocycles. The standard InChI is InChI=1S/C35H57NO4/c1-10-36-30(38)40-28-15-16-32(7)26(31(28,5)6)14-17-34(9)27(32)12-11-25-29-24(22(2)3)13-18-35(29,21-39-23(4)37)20-19-33(25,34)8/h24-29H,2,10-21H2,1,3-9H3,(H,36,38)/t24-,25+,26-,27+,28-,29+,32-,33+,34+,35+/m0/s1. The van der Waals surface area contributed by atoms with Crippen molar-refractivity contribution in [1.29, 1.82) is 0 Å². The van der Waals surface area contributed by atoms with E-state index in [4.69, 9.17) is 9.47 Å². The average Bonchev–Trinajstić information content (AvgIpc) is 3.25. The minimum Gasteiger partial charge on any atom is -0.465 e. The van der Waals surface area contributed by atoms with Crippen LogP contribution in [0.2, 0.25) is 0 Å². The molecule has 0 saturated heterocycles. The summed E-state index contributed by atoms with van der Waals surface area (Å²) in [5.41, 5.74) is 2.19. The highest BCUT2D eigenvalue weighted by atomic mass is 16.6. The Morgan fingerprint density at radius 3 is 2.23 bits per heavy atom.